The third-order valence-electron chi connectivity index (χ3n) is 10.0. The van der Waals surface area contributed by atoms with Gasteiger partial charge in [0.15, 0.2) is 11.5 Å². The molecule has 0 bridgehead atoms. The van der Waals surface area contributed by atoms with Gasteiger partial charge in [-0.15, -0.1) is 11.3 Å². The van der Waals surface area contributed by atoms with Crippen LogP contribution in [0.5, 0.6) is 11.5 Å². The molecule has 0 radical (unpaired) electrons. The van der Waals surface area contributed by atoms with Crippen molar-refractivity contribution in [3.05, 3.63) is 182 Å². The van der Waals surface area contributed by atoms with Crippen LogP contribution in [-0.2, 0) is 0 Å². The van der Waals surface area contributed by atoms with Gasteiger partial charge in [-0.3, -0.25) is 0 Å². The molecule has 7 aromatic carbocycles. The van der Waals surface area contributed by atoms with Crippen LogP contribution in [-0.4, -0.2) is 17.8 Å². The molecule has 3 heterocycles. The fraction of sp³-hybridized carbons (Fsp3) is 0.0417. The third-order valence-corrected chi connectivity index (χ3v) is 11.3. The number of benzene rings is 7. The SMILES string of the molecule is c1ccc(-c2ccc(N(c3ccc(-c4sc(-c5ccccc5)c5c4OCCO5)cc3)c3ccc(-n4c5ccccc5c5ccccc54)cc3)cc2)cc1. The number of rotatable bonds is 7. The van der Waals surface area contributed by atoms with E-state index < -0.39 is 0 Å². The lowest BCUT2D eigenvalue weighted by Gasteiger charge is -2.26. The molecule has 254 valence electrons. The Bertz CT molecular complexity index is 2640. The molecule has 0 saturated carbocycles. The van der Waals surface area contributed by atoms with E-state index >= 15 is 0 Å². The summed E-state index contributed by atoms with van der Waals surface area (Å²) in [6, 6.07) is 64.8. The number of hydrogen-bond donors (Lipinski definition) is 0. The zero-order valence-electron chi connectivity index (χ0n) is 28.9. The highest BCUT2D eigenvalue weighted by Gasteiger charge is 2.26. The monoisotopic (exact) mass is 702 g/mol. The second-order valence-electron chi connectivity index (χ2n) is 13.2. The molecule has 10 rings (SSSR count). The molecular weight excluding hydrogens is 669 g/mol. The van der Waals surface area contributed by atoms with E-state index in [1.807, 2.05) is 6.07 Å². The molecule has 53 heavy (non-hydrogen) atoms. The highest BCUT2D eigenvalue weighted by atomic mass is 32.1. The van der Waals surface area contributed by atoms with Crippen molar-refractivity contribution in [1.29, 1.82) is 0 Å². The van der Waals surface area contributed by atoms with Gasteiger partial charge in [-0.25, -0.2) is 0 Å². The molecule has 0 amide bonds. The van der Waals surface area contributed by atoms with Crippen molar-refractivity contribution in [2.45, 2.75) is 0 Å². The van der Waals surface area contributed by atoms with Gasteiger partial charge >= 0.3 is 0 Å². The molecule has 0 aliphatic carbocycles. The predicted octanol–water partition coefficient (Wildman–Crippen LogP) is 13.1. The van der Waals surface area contributed by atoms with Crippen molar-refractivity contribution < 1.29 is 9.47 Å². The maximum absolute atomic E-state index is 6.24. The molecule has 0 saturated heterocycles. The molecule has 2 aromatic heterocycles. The predicted molar refractivity (Wildman–Crippen MR) is 221 cm³/mol. The van der Waals surface area contributed by atoms with Gasteiger partial charge in [0.1, 0.15) is 13.2 Å². The summed E-state index contributed by atoms with van der Waals surface area (Å²) < 4.78 is 14.8. The first-order valence-corrected chi connectivity index (χ1v) is 18.7. The summed E-state index contributed by atoms with van der Waals surface area (Å²) in [5.74, 6) is 1.68. The minimum Gasteiger partial charge on any atom is -0.485 e. The van der Waals surface area contributed by atoms with E-state index in [9.17, 15) is 0 Å². The Kier molecular flexibility index (Phi) is 7.77. The standard InChI is InChI=1S/C48H34N2O2S/c1-3-11-33(12-4-1)34-19-23-37(24-20-34)49(39-27-29-40(30-28-39)50-43-17-9-7-15-41(43)42-16-8-10-18-44(42)50)38-25-21-36(22-26-38)48-46-45(51-31-32-52-46)47(53-48)35-13-5-2-6-14-35/h1-30H,31-32H2. The second-order valence-corrected chi connectivity index (χ2v) is 14.2. The van der Waals surface area contributed by atoms with Gasteiger partial charge in [0.2, 0.25) is 0 Å². The molecule has 9 aromatic rings. The normalized spacial score (nSPS) is 12.3. The van der Waals surface area contributed by atoms with Gasteiger partial charge in [-0.2, -0.15) is 0 Å². The van der Waals surface area contributed by atoms with Crippen molar-refractivity contribution in [3.8, 4) is 49.2 Å². The van der Waals surface area contributed by atoms with E-state index in [4.69, 9.17) is 9.47 Å². The van der Waals surface area contributed by atoms with Crippen LogP contribution in [0.4, 0.5) is 17.1 Å². The summed E-state index contributed by atoms with van der Waals surface area (Å²) >= 11 is 1.72. The van der Waals surface area contributed by atoms with Crippen molar-refractivity contribution in [3.63, 3.8) is 0 Å². The first-order valence-electron chi connectivity index (χ1n) is 17.9. The number of anilines is 3. The molecular formula is C48H34N2O2S. The number of nitrogens with zero attached hydrogens (tertiary/aromatic N) is 2. The molecule has 1 aliphatic heterocycles. The Morgan fingerprint density at radius 3 is 1.32 bits per heavy atom. The van der Waals surface area contributed by atoms with Crippen molar-refractivity contribution in [2.75, 3.05) is 18.1 Å². The summed E-state index contributed by atoms with van der Waals surface area (Å²) in [6.07, 6.45) is 0. The van der Waals surface area contributed by atoms with Crippen molar-refractivity contribution >= 4 is 50.2 Å². The Morgan fingerprint density at radius 1 is 0.396 bits per heavy atom. The fourth-order valence-electron chi connectivity index (χ4n) is 7.51. The van der Waals surface area contributed by atoms with Crippen LogP contribution in [0, 0.1) is 0 Å². The number of ether oxygens (including phenoxy) is 2. The maximum Gasteiger partial charge on any atom is 0.180 e. The minimum absolute atomic E-state index is 0.542. The van der Waals surface area contributed by atoms with E-state index in [1.165, 1.54) is 32.9 Å². The summed E-state index contributed by atoms with van der Waals surface area (Å²) in [5, 5.41) is 2.51. The van der Waals surface area contributed by atoms with Gasteiger partial charge in [-0.05, 0) is 82.9 Å². The Hall–Kier alpha value is -6.56. The molecule has 0 N–H and O–H groups in total. The Labute approximate surface area is 312 Å². The van der Waals surface area contributed by atoms with Gasteiger partial charge in [-0.1, -0.05) is 121 Å². The average molecular weight is 703 g/mol. The first-order chi connectivity index (χ1) is 26.3. The number of hydrogen-bond acceptors (Lipinski definition) is 4. The molecule has 0 spiro atoms. The van der Waals surface area contributed by atoms with Gasteiger partial charge < -0.3 is 18.9 Å². The lowest BCUT2D eigenvalue weighted by Crippen LogP contribution is -2.14. The summed E-state index contributed by atoms with van der Waals surface area (Å²) in [4.78, 5) is 4.51. The van der Waals surface area contributed by atoms with E-state index in [1.54, 1.807) is 11.3 Å². The lowest BCUT2D eigenvalue weighted by atomic mass is 10.0. The minimum atomic E-state index is 0.542. The van der Waals surface area contributed by atoms with Crippen LogP contribution in [0.2, 0.25) is 0 Å². The zero-order chi connectivity index (χ0) is 35.1. The van der Waals surface area contributed by atoms with E-state index in [0.717, 1.165) is 55.1 Å². The van der Waals surface area contributed by atoms with Crippen LogP contribution in [0.1, 0.15) is 0 Å². The number of thiophene rings is 1. The quantitative estimate of drug-likeness (QED) is 0.165. The van der Waals surface area contributed by atoms with Gasteiger partial charge in [0, 0.05) is 33.5 Å². The average Bonchev–Trinajstić information content (AvgIpc) is 3.79. The van der Waals surface area contributed by atoms with E-state index in [0.29, 0.717) is 13.2 Å². The number of aromatic nitrogens is 1. The fourth-order valence-corrected chi connectivity index (χ4v) is 8.71. The molecule has 0 atom stereocenters. The summed E-state index contributed by atoms with van der Waals surface area (Å²) in [5.41, 5.74) is 11.4. The van der Waals surface area contributed by atoms with Crippen LogP contribution in [0.25, 0.3) is 59.5 Å². The highest BCUT2D eigenvalue weighted by molar-refractivity contribution is 7.19. The largest absolute Gasteiger partial charge is 0.485 e. The lowest BCUT2D eigenvalue weighted by molar-refractivity contribution is 0.175. The number of para-hydroxylation sites is 2. The molecule has 0 fully saturated rings. The third kappa shape index (κ3) is 5.54. The van der Waals surface area contributed by atoms with Gasteiger partial charge in [0.25, 0.3) is 0 Å². The summed E-state index contributed by atoms with van der Waals surface area (Å²) in [6.45, 7) is 1.09. The zero-order valence-corrected chi connectivity index (χ0v) is 29.7. The van der Waals surface area contributed by atoms with E-state index in [2.05, 4.69) is 185 Å². The highest BCUT2D eigenvalue weighted by Crippen LogP contribution is 2.53. The second kappa shape index (κ2) is 13.2. The van der Waals surface area contributed by atoms with E-state index in [-0.39, 0.29) is 0 Å². The number of fused-ring (bicyclic) bond motifs is 4. The Morgan fingerprint density at radius 2 is 0.792 bits per heavy atom. The molecule has 5 heteroatoms. The van der Waals surface area contributed by atoms with Crippen molar-refractivity contribution in [2.24, 2.45) is 0 Å². The van der Waals surface area contributed by atoms with Crippen LogP contribution < -0.4 is 14.4 Å². The molecule has 1 aliphatic rings. The van der Waals surface area contributed by atoms with Gasteiger partial charge in [0.05, 0.1) is 20.8 Å². The molecule has 0 unspecified atom stereocenters. The Balaban J connectivity index is 1.06. The van der Waals surface area contributed by atoms with Crippen molar-refractivity contribution in [1.82, 2.24) is 4.57 Å². The summed E-state index contributed by atoms with van der Waals surface area (Å²) in [7, 11) is 0. The van der Waals surface area contributed by atoms with Crippen LogP contribution >= 0.6 is 11.3 Å². The maximum atomic E-state index is 6.24. The smallest absolute Gasteiger partial charge is 0.180 e. The topological polar surface area (TPSA) is 26.6 Å². The van der Waals surface area contributed by atoms with Crippen LogP contribution in [0.3, 0.4) is 0 Å². The first kappa shape index (κ1) is 31.2. The molecule has 4 nitrogen and oxygen atoms in total. The van der Waals surface area contributed by atoms with Crippen LogP contribution in [0.15, 0.2) is 182 Å².